The lowest BCUT2D eigenvalue weighted by Gasteiger charge is -2.12. The average molecular weight is 205 g/mol. The van der Waals surface area contributed by atoms with Crippen LogP contribution in [0.15, 0.2) is 18.2 Å². The lowest BCUT2D eigenvalue weighted by atomic mass is 9.92. The van der Waals surface area contributed by atoms with Crippen molar-refractivity contribution in [2.75, 3.05) is 6.67 Å². The van der Waals surface area contributed by atoms with E-state index in [1.807, 2.05) is 25.1 Å². The highest BCUT2D eigenvalue weighted by atomic mass is 19.1. The van der Waals surface area contributed by atoms with Gasteiger partial charge in [0.1, 0.15) is 0 Å². The van der Waals surface area contributed by atoms with E-state index in [4.69, 9.17) is 5.26 Å². The largest absolute Gasteiger partial charge is 0.250 e. The number of hydrogen-bond acceptors (Lipinski definition) is 1. The molecular formula is C13H16FN. The van der Waals surface area contributed by atoms with Gasteiger partial charge in [0.2, 0.25) is 0 Å². The fourth-order valence-corrected chi connectivity index (χ4v) is 1.73. The number of nitriles is 1. The molecule has 1 rings (SSSR count). The molecule has 0 amide bonds. The molecule has 0 fully saturated rings. The zero-order valence-electron chi connectivity index (χ0n) is 9.26. The van der Waals surface area contributed by atoms with Crippen LogP contribution in [0.2, 0.25) is 0 Å². The van der Waals surface area contributed by atoms with Gasteiger partial charge in [0.15, 0.2) is 0 Å². The predicted molar refractivity (Wildman–Crippen MR) is 59.5 cm³/mol. The molecule has 0 saturated carbocycles. The van der Waals surface area contributed by atoms with Crippen molar-refractivity contribution in [2.24, 2.45) is 0 Å². The normalized spacial score (nSPS) is 12.1. The summed E-state index contributed by atoms with van der Waals surface area (Å²) in [6.45, 7) is 3.47. The molecule has 0 spiro atoms. The quantitative estimate of drug-likeness (QED) is 0.737. The Morgan fingerprint density at radius 2 is 2.20 bits per heavy atom. The summed E-state index contributed by atoms with van der Waals surface area (Å²) in [6.07, 6.45) is 1.89. The Morgan fingerprint density at radius 3 is 2.73 bits per heavy atom. The van der Waals surface area contributed by atoms with Crippen molar-refractivity contribution in [1.82, 2.24) is 0 Å². The number of halogens is 1. The molecule has 0 aliphatic carbocycles. The van der Waals surface area contributed by atoms with Crippen LogP contribution in [-0.4, -0.2) is 6.67 Å². The van der Waals surface area contributed by atoms with E-state index in [-0.39, 0.29) is 5.92 Å². The molecule has 0 saturated heterocycles. The summed E-state index contributed by atoms with van der Waals surface area (Å²) < 4.78 is 12.6. The number of rotatable bonds is 4. The molecule has 0 aliphatic rings. The van der Waals surface area contributed by atoms with E-state index in [1.54, 1.807) is 0 Å². The monoisotopic (exact) mass is 205 g/mol. The van der Waals surface area contributed by atoms with Crippen molar-refractivity contribution in [3.63, 3.8) is 0 Å². The minimum absolute atomic E-state index is 0.184. The summed E-state index contributed by atoms with van der Waals surface area (Å²) in [5.41, 5.74) is 2.55. The second kappa shape index (κ2) is 5.50. The van der Waals surface area contributed by atoms with Gasteiger partial charge in [-0.15, -0.1) is 0 Å². The standard InChI is InChI=1S/C13H16FN/c1-3-5-11-6-4-7-12(10(2)8-14)13(11)9-15/h4,6-7,10H,3,5,8H2,1-2H3. The molecule has 1 aromatic rings. The van der Waals surface area contributed by atoms with Gasteiger partial charge < -0.3 is 0 Å². The number of nitrogens with zero attached hydrogens (tertiary/aromatic N) is 1. The van der Waals surface area contributed by atoms with Crippen LogP contribution >= 0.6 is 0 Å². The molecular weight excluding hydrogens is 189 g/mol. The van der Waals surface area contributed by atoms with Crippen molar-refractivity contribution < 1.29 is 4.39 Å². The Bertz CT molecular complexity index is 365. The van der Waals surface area contributed by atoms with Crippen molar-refractivity contribution in [1.29, 1.82) is 5.26 Å². The van der Waals surface area contributed by atoms with E-state index in [1.165, 1.54) is 0 Å². The van der Waals surface area contributed by atoms with Gasteiger partial charge in [-0.3, -0.25) is 4.39 Å². The van der Waals surface area contributed by atoms with E-state index >= 15 is 0 Å². The highest BCUT2D eigenvalue weighted by Crippen LogP contribution is 2.23. The number of hydrogen-bond donors (Lipinski definition) is 0. The third kappa shape index (κ3) is 2.56. The minimum Gasteiger partial charge on any atom is -0.250 e. The van der Waals surface area contributed by atoms with Gasteiger partial charge >= 0.3 is 0 Å². The van der Waals surface area contributed by atoms with Gasteiger partial charge in [-0.2, -0.15) is 5.26 Å². The van der Waals surface area contributed by atoms with Crippen molar-refractivity contribution in [3.8, 4) is 6.07 Å². The first kappa shape index (κ1) is 11.7. The first-order valence-corrected chi connectivity index (χ1v) is 5.32. The first-order chi connectivity index (χ1) is 7.24. The van der Waals surface area contributed by atoms with Crippen LogP contribution in [0.25, 0.3) is 0 Å². The van der Waals surface area contributed by atoms with Gasteiger partial charge in [-0.25, -0.2) is 0 Å². The second-order valence-corrected chi connectivity index (χ2v) is 3.80. The molecule has 15 heavy (non-hydrogen) atoms. The average Bonchev–Trinajstić information content (AvgIpc) is 2.28. The van der Waals surface area contributed by atoms with Crippen LogP contribution in [0.4, 0.5) is 4.39 Å². The minimum atomic E-state index is -0.412. The van der Waals surface area contributed by atoms with Gasteiger partial charge in [0.05, 0.1) is 18.3 Å². The van der Waals surface area contributed by atoms with E-state index in [9.17, 15) is 4.39 Å². The van der Waals surface area contributed by atoms with Crippen LogP contribution in [0.5, 0.6) is 0 Å². The van der Waals surface area contributed by atoms with Gasteiger partial charge in [-0.1, -0.05) is 38.5 Å². The lowest BCUT2D eigenvalue weighted by molar-refractivity contribution is 0.446. The fraction of sp³-hybridized carbons (Fsp3) is 0.462. The van der Waals surface area contributed by atoms with E-state index in [0.29, 0.717) is 5.56 Å². The summed E-state index contributed by atoms with van der Waals surface area (Å²) >= 11 is 0. The van der Waals surface area contributed by atoms with Crippen molar-refractivity contribution in [3.05, 3.63) is 34.9 Å². The molecule has 1 atom stereocenters. The van der Waals surface area contributed by atoms with E-state index < -0.39 is 6.67 Å². The predicted octanol–water partition coefficient (Wildman–Crippen LogP) is 3.58. The van der Waals surface area contributed by atoms with Crippen LogP contribution in [-0.2, 0) is 6.42 Å². The Balaban J connectivity index is 3.17. The Hall–Kier alpha value is -1.36. The highest BCUT2D eigenvalue weighted by molar-refractivity contribution is 5.46. The molecule has 0 aromatic heterocycles. The maximum Gasteiger partial charge on any atom is 0.0997 e. The third-order valence-electron chi connectivity index (χ3n) is 2.58. The highest BCUT2D eigenvalue weighted by Gasteiger charge is 2.12. The van der Waals surface area contributed by atoms with Crippen LogP contribution in [0.1, 0.15) is 42.9 Å². The molecule has 0 heterocycles. The summed E-state index contributed by atoms with van der Waals surface area (Å²) in [5.74, 6) is -0.184. The van der Waals surface area contributed by atoms with Gasteiger partial charge in [0, 0.05) is 5.92 Å². The van der Waals surface area contributed by atoms with Crippen LogP contribution in [0.3, 0.4) is 0 Å². The van der Waals surface area contributed by atoms with E-state index in [2.05, 4.69) is 13.0 Å². The molecule has 80 valence electrons. The van der Waals surface area contributed by atoms with Gasteiger partial charge in [0.25, 0.3) is 0 Å². The number of aryl methyl sites for hydroxylation is 1. The smallest absolute Gasteiger partial charge is 0.0997 e. The van der Waals surface area contributed by atoms with Crippen molar-refractivity contribution in [2.45, 2.75) is 32.6 Å². The summed E-state index contributed by atoms with van der Waals surface area (Å²) in [7, 11) is 0. The number of benzene rings is 1. The molecule has 0 radical (unpaired) electrons. The fourth-order valence-electron chi connectivity index (χ4n) is 1.73. The maximum atomic E-state index is 12.6. The summed E-state index contributed by atoms with van der Waals surface area (Å²) in [4.78, 5) is 0. The number of alkyl halides is 1. The zero-order valence-corrected chi connectivity index (χ0v) is 9.26. The Labute approximate surface area is 90.5 Å². The van der Waals surface area contributed by atoms with Crippen molar-refractivity contribution >= 4 is 0 Å². The van der Waals surface area contributed by atoms with Crippen LogP contribution in [0, 0.1) is 11.3 Å². The first-order valence-electron chi connectivity index (χ1n) is 5.32. The molecule has 1 nitrogen and oxygen atoms in total. The zero-order chi connectivity index (χ0) is 11.3. The maximum absolute atomic E-state index is 12.6. The van der Waals surface area contributed by atoms with E-state index in [0.717, 1.165) is 24.0 Å². The molecule has 0 N–H and O–H groups in total. The molecule has 1 unspecified atom stereocenters. The SMILES string of the molecule is CCCc1cccc(C(C)CF)c1C#N. The summed E-state index contributed by atoms with van der Waals surface area (Å²) in [5, 5.41) is 9.10. The molecule has 0 aliphatic heterocycles. The Morgan fingerprint density at radius 1 is 1.47 bits per heavy atom. The summed E-state index contributed by atoms with van der Waals surface area (Å²) in [6, 6.07) is 7.91. The van der Waals surface area contributed by atoms with Crippen LogP contribution < -0.4 is 0 Å². The molecule has 1 aromatic carbocycles. The second-order valence-electron chi connectivity index (χ2n) is 3.80. The third-order valence-corrected chi connectivity index (χ3v) is 2.58. The molecule has 2 heteroatoms. The molecule has 0 bridgehead atoms. The lowest BCUT2D eigenvalue weighted by Crippen LogP contribution is -2.02. The topological polar surface area (TPSA) is 23.8 Å². The van der Waals surface area contributed by atoms with Gasteiger partial charge in [-0.05, 0) is 17.5 Å². The Kier molecular flexibility index (Phi) is 4.30.